The highest BCUT2D eigenvalue weighted by molar-refractivity contribution is 6.30. The molecule has 1 fully saturated rings. The Kier molecular flexibility index (Phi) is 9.85. The minimum atomic E-state index is -0.185. The average Bonchev–Trinajstić information content (AvgIpc) is 3.82. The van der Waals surface area contributed by atoms with E-state index in [4.69, 9.17) is 42.0 Å². The Morgan fingerprint density at radius 2 is 1.34 bits per heavy atom. The van der Waals surface area contributed by atoms with Crippen LogP contribution in [0, 0.1) is 13.8 Å². The van der Waals surface area contributed by atoms with E-state index >= 15 is 0 Å². The molecule has 1 aliphatic carbocycles. The minimum absolute atomic E-state index is 0.0137. The third kappa shape index (κ3) is 7.74. The molecule has 0 amide bonds. The summed E-state index contributed by atoms with van der Waals surface area (Å²) in [6.07, 6.45) is 6.44. The Bertz CT molecular complexity index is 3260. The molecule has 61 heavy (non-hydrogen) atoms. The zero-order valence-electron chi connectivity index (χ0n) is 33.1. The number of rotatable bonds is 11. The molecule has 3 N–H and O–H groups in total. The van der Waals surface area contributed by atoms with Crippen molar-refractivity contribution in [2.45, 2.75) is 52.0 Å². The van der Waals surface area contributed by atoms with E-state index in [1.807, 2.05) is 92.7 Å². The Morgan fingerprint density at radius 3 is 2.03 bits per heavy atom. The van der Waals surface area contributed by atoms with Gasteiger partial charge in [-0.3, -0.25) is 9.59 Å². The summed E-state index contributed by atoms with van der Waals surface area (Å²) in [5.41, 5.74) is 8.43. The first-order valence-corrected chi connectivity index (χ1v) is 20.8. The van der Waals surface area contributed by atoms with Crippen LogP contribution in [0.25, 0.3) is 67.2 Å². The number of benzene rings is 1. The highest BCUT2D eigenvalue weighted by atomic mass is 35.5. The second-order valence-electron chi connectivity index (χ2n) is 15.4. The van der Waals surface area contributed by atoms with Gasteiger partial charge in [0, 0.05) is 53.4 Å². The summed E-state index contributed by atoms with van der Waals surface area (Å²) < 4.78 is 12.5. The zero-order chi connectivity index (χ0) is 41.8. The number of halogens is 2. The van der Waals surface area contributed by atoms with Crippen molar-refractivity contribution >= 4 is 51.0 Å². The van der Waals surface area contributed by atoms with E-state index in [1.54, 1.807) is 24.5 Å². The number of hydrogen-bond donors (Lipinski definition) is 3. The molecule has 10 rings (SSSR count). The van der Waals surface area contributed by atoms with Crippen molar-refractivity contribution in [2.24, 2.45) is 0 Å². The molecule has 0 bridgehead atoms. The first-order chi connectivity index (χ1) is 29.6. The maximum atomic E-state index is 13.9. The number of pyridine rings is 6. The van der Waals surface area contributed by atoms with Crippen LogP contribution in [-0.2, 0) is 19.4 Å². The van der Waals surface area contributed by atoms with Gasteiger partial charge >= 0.3 is 0 Å². The van der Waals surface area contributed by atoms with Crippen molar-refractivity contribution < 1.29 is 8.83 Å². The lowest BCUT2D eigenvalue weighted by atomic mass is 10.00. The van der Waals surface area contributed by atoms with Crippen LogP contribution < -0.4 is 16.2 Å². The predicted molar refractivity (Wildman–Crippen MR) is 239 cm³/mol. The number of H-pyrrole nitrogens is 2. The molecule has 8 heterocycles. The molecule has 11 nitrogen and oxygen atoms in total. The molecule has 0 spiro atoms. The molecule has 1 aliphatic rings. The van der Waals surface area contributed by atoms with Gasteiger partial charge in [-0.1, -0.05) is 53.5 Å². The van der Waals surface area contributed by atoms with Gasteiger partial charge in [0.15, 0.2) is 16.9 Å². The molecule has 0 unspecified atom stereocenters. The van der Waals surface area contributed by atoms with Crippen LogP contribution >= 0.6 is 23.2 Å². The molecule has 0 aliphatic heterocycles. The molecule has 0 radical (unpaired) electrons. The highest BCUT2D eigenvalue weighted by Gasteiger charge is 2.28. The molecule has 1 aromatic carbocycles. The zero-order valence-corrected chi connectivity index (χ0v) is 34.6. The summed E-state index contributed by atoms with van der Waals surface area (Å²) in [6, 6.07) is 28.6. The van der Waals surface area contributed by atoms with Gasteiger partial charge in [0.05, 0.1) is 16.5 Å². The molecule has 13 heteroatoms. The molecule has 9 aromatic rings. The maximum Gasteiger partial charge on any atom is 0.214 e. The standard InChI is InChI=1S/C48H37Cl2N7O4/c1-25-16-29(18-41(49)54-25)33-20-35-45(58)37(28-9-10-28)23-52-47(35)57-44(33)40-15-13-32(61-40)12-11-31-17-30(19-42(50)55-31)34-21-36-46(59)38(51-22-27-6-4-3-5-7-27)24-53-48(36)56-43(34)39-14-8-26(2)60-39/h3-8,13-21,23-24,28,51H,9-12,22H2,1-2H3,(H,52,57,58)(H,53,56,59). The van der Waals surface area contributed by atoms with Crippen LogP contribution in [-0.4, -0.2) is 29.9 Å². The lowest BCUT2D eigenvalue weighted by molar-refractivity contribution is 0.519. The van der Waals surface area contributed by atoms with E-state index in [9.17, 15) is 9.59 Å². The third-order valence-electron chi connectivity index (χ3n) is 11.0. The van der Waals surface area contributed by atoms with Gasteiger partial charge in [-0.25, -0.2) is 19.9 Å². The lowest BCUT2D eigenvalue weighted by Gasteiger charge is -2.13. The summed E-state index contributed by atoms with van der Waals surface area (Å²) in [4.78, 5) is 52.9. The largest absolute Gasteiger partial charge is 0.460 e. The molecular weight excluding hydrogens is 809 g/mol. The second kappa shape index (κ2) is 15.7. The van der Waals surface area contributed by atoms with Crippen molar-refractivity contribution in [3.8, 4) is 45.2 Å². The van der Waals surface area contributed by atoms with Crippen molar-refractivity contribution in [2.75, 3.05) is 5.32 Å². The maximum absolute atomic E-state index is 13.9. The minimum Gasteiger partial charge on any atom is -0.460 e. The number of anilines is 1. The highest BCUT2D eigenvalue weighted by Crippen LogP contribution is 2.40. The van der Waals surface area contributed by atoms with Crippen LogP contribution in [0.2, 0.25) is 10.3 Å². The van der Waals surface area contributed by atoms with Crippen molar-refractivity contribution in [3.05, 3.63) is 168 Å². The molecular formula is C48H37Cl2N7O4. The molecule has 0 saturated heterocycles. The predicted octanol–water partition coefficient (Wildman–Crippen LogP) is 11.0. The van der Waals surface area contributed by atoms with Gasteiger partial charge < -0.3 is 24.1 Å². The smallest absolute Gasteiger partial charge is 0.214 e. The number of aromatic amines is 2. The Morgan fingerprint density at radius 1 is 0.689 bits per heavy atom. The number of hydrogen-bond acceptors (Lipinski definition) is 9. The van der Waals surface area contributed by atoms with E-state index in [-0.39, 0.29) is 21.9 Å². The summed E-state index contributed by atoms with van der Waals surface area (Å²) >= 11 is 13.2. The number of nitrogens with zero attached hydrogens (tertiary/aromatic N) is 4. The number of aromatic nitrogens is 6. The third-order valence-corrected chi connectivity index (χ3v) is 11.4. The second-order valence-corrected chi connectivity index (χ2v) is 16.2. The van der Waals surface area contributed by atoms with Crippen LogP contribution in [0.1, 0.15) is 52.8 Å². The average molecular weight is 847 g/mol. The van der Waals surface area contributed by atoms with Crippen LogP contribution in [0.15, 0.2) is 122 Å². The molecule has 1 saturated carbocycles. The number of furan rings is 2. The van der Waals surface area contributed by atoms with Crippen molar-refractivity contribution in [1.82, 2.24) is 29.9 Å². The van der Waals surface area contributed by atoms with Gasteiger partial charge in [0.1, 0.15) is 44.5 Å². The summed E-state index contributed by atoms with van der Waals surface area (Å²) in [5, 5.41) is 4.83. The molecule has 302 valence electrons. The van der Waals surface area contributed by atoms with Crippen LogP contribution in [0.5, 0.6) is 0 Å². The summed E-state index contributed by atoms with van der Waals surface area (Å²) in [6.45, 7) is 4.23. The number of fused-ring (bicyclic) bond motifs is 2. The molecule has 0 atom stereocenters. The van der Waals surface area contributed by atoms with Crippen molar-refractivity contribution in [1.29, 1.82) is 0 Å². The van der Waals surface area contributed by atoms with Gasteiger partial charge in [0.25, 0.3) is 0 Å². The van der Waals surface area contributed by atoms with E-state index < -0.39 is 0 Å². The summed E-state index contributed by atoms with van der Waals surface area (Å²) in [5.74, 6) is 2.80. The van der Waals surface area contributed by atoms with Gasteiger partial charge in [-0.15, -0.1) is 0 Å². The fraction of sp³-hybridized carbons (Fsp3) is 0.167. The first-order valence-electron chi connectivity index (χ1n) is 20.0. The fourth-order valence-electron chi connectivity index (χ4n) is 7.82. The normalized spacial score (nSPS) is 12.7. The lowest BCUT2D eigenvalue weighted by Crippen LogP contribution is -2.13. The van der Waals surface area contributed by atoms with Crippen molar-refractivity contribution in [3.63, 3.8) is 0 Å². The topological polar surface area (TPSA) is 156 Å². The Balaban J connectivity index is 0.981. The Hall–Kier alpha value is -6.82. The van der Waals surface area contributed by atoms with E-state index in [0.29, 0.717) is 97.8 Å². The first kappa shape index (κ1) is 38.4. The molecule has 8 aromatic heterocycles. The summed E-state index contributed by atoms with van der Waals surface area (Å²) in [7, 11) is 0. The van der Waals surface area contributed by atoms with E-state index in [1.165, 1.54) is 0 Å². The number of aryl methyl sites for hydroxylation is 4. The van der Waals surface area contributed by atoms with Gasteiger partial charge in [0.2, 0.25) is 5.43 Å². The van der Waals surface area contributed by atoms with Gasteiger partial charge in [-0.05, 0) is 116 Å². The van der Waals surface area contributed by atoms with Gasteiger partial charge in [-0.2, -0.15) is 0 Å². The monoisotopic (exact) mass is 845 g/mol. The number of nitrogens with one attached hydrogen (secondary N) is 3. The van der Waals surface area contributed by atoms with E-state index in [0.717, 1.165) is 46.5 Å². The van der Waals surface area contributed by atoms with Crippen LogP contribution in [0.4, 0.5) is 5.69 Å². The SMILES string of the molecule is Cc1cc(-c2cc3c(=O)c(C4CC4)c[nH]c3nc2-c2ccc(CCc3cc(-c4cc5c(=O)c(NCc6ccccc6)c[nH]c5nc4-c4ccc(C)o4)cc(Cl)n3)o2)cc(Cl)n1. The Labute approximate surface area is 358 Å². The van der Waals surface area contributed by atoms with E-state index in [2.05, 4.69) is 25.3 Å². The quantitative estimate of drug-likeness (QED) is 0.108. The van der Waals surface area contributed by atoms with Crippen LogP contribution in [0.3, 0.4) is 0 Å². The fourth-order valence-corrected chi connectivity index (χ4v) is 8.30.